The highest BCUT2D eigenvalue weighted by Gasteiger charge is 2.33. The molecule has 10 aromatic rings. The number of thiophene rings is 1. The van der Waals surface area contributed by atoms with Gasteiger partial charge in [-0.15, -0.1) is 11.3 Å². The van der Waals surface area contributed by atoms with E-state index < -0.39 is 0 Å². The average Bonchev–Trinajstić information content (AvgIpc) is 3.76. The summed E-state index contributed by atoms with van der Waals surface area (Å²) >= 11 is 1.84. The number of hydrogen-bond acceptors (Lipinski definition) is 4. The Morgan fingerprint density at radius 1 is 0.415 bits per heavy atom. The Morgan fingerprint density at radius 3 is 2.00 bits per heavy atom. The third-order valence-electron chi connectivity index (χ3n) is 10.8. The van der Waals surface area contributed by atoms with Gasteiger partial charge in [0.15, 0.2) is 23.0 Å². The Hall–Kier alpha value is -6.82. The maximum absolute atomic E-state index is 6.80. The van der Waals surface area contributed by atoms with Crippen molar-refractivity contribution in [2.45, 2.75) is 0 Å². The first-order valence-corrected chi connectivity index (χ1v) is 18.7. The van der Waals surface area contributed by atoms with Crippen LogP contribution in [0.15, 0.2) is 170 Å². The van der Waals surface area contributed by atoms with E-state index in [9.17, 15) is 0 Å². The number of rotatable bonds is 5. The molecule has 0 radical (unpaired) electrons. The van der Waals surface area contributed by atoms with E-state index in [-0.39, 0.29) is 0 Å². The van der Waals surface area contributed by atoms with Crippen LogP contribution in [0.1, 0.15) is 0 Å². The molecule has 0 saturated carbocycles. The summed E-state index contributed by atoms with van der Waals surface area (Å²) in [6.07, 6.45) is 0. The Balaban J connectivity index is 1.03. The summed E-state index contributed by atoms with van der Waals surface area (Å²) in [5.74, 6) is 3.34. The summed E-state index contributed by atoms with van der Waals surface area (Å²) < 4.78 is 18.1. The first-order valence-electron chi connectivity index (χ1n) is 17.8. The lowest BCUT2D eigenvalue weighted by Gasteiger charge is -2.28. The molecular formula is C48H28N2O2S. The van der Waals surface area contributed by atoms with Crippen LogP contribution < -0.4 is 14.4 Å². The zero-order chi connectivity index (χ0) is 34.6. The molecule has 0 unspecified atom stereocenters. The molecule has 0 atom stereocenters. The van der Waals surface area contributed by atoms with Crippen molar-refractivity contribution in [3.8, 4) is 50.9 Å². The standard InChI is InChI=1S/C48H28N2O2S/c1-2-9-29(10-3-1)31-11-6-12-33(27-31)49(34-23-26-44-39(28-34)36-13-4-5-18-43(36)53-44)32-21-19-30(20-22-32)35-24-25-38-37-14-7-15-40-45(37)50-46(38)48(35)52-42-17-8-16-41(51-40)47(42)50/h1-28H. The van der Waals surface area contributed by atoms with E-state index in [2.05, 4.69) is 161 Å². The molecule has 2 aromatic heterocycles. The summed E-state index contributed by atoms with van der Waals surface area (Å²) in [6, 6.07) is 60.7. The number of ether oxygens (including phenoxy) is 2. The molecule has 12 rings (SSSR count). The van der Waals surface area contributed by atoms with E-state index >= 15 is 0 Å². The lowest BCUT2D eigenvalue weighted by atomic mass is 10.00. The summed E-state index contributed by atoms with van der Waals surface area (Å²) in [7, 11) is 0. The Labute approximate surface area is 308 Å². The van der Waals surface area contributed by atoms with Crippen molar-refractivity contribution in [3.05, 3.63) is 170 Å². The van der Waals surface area contributed by atoms with E-state index in [1.807, 2.05) is 29.5 Å². The summed E-state index contributed by atoms with van der Waals surface area (Å²) in [6.45, 7) is 0. The molecule has 0 spiro atoms. The summed E-state index contributed by atoms with van der Waals surface area (Å²) in [4.78, 5) is 2.37. The molecule has 8 aromatic carbocycles. The fraction of sp³-hybridized carbons (Fsp3) is 0. The highest BCUT2D eigenvalue weighted by molar-refractivity contribution is 7.25. The Kier molecular flexibility index (Phi) is 5.90. The van der Waals surface area contributed by atoms with Crippen molar-refractivity contribution >= 4 is 70.4 Å². The Bertz CT molecular complexity index is 3120. The maximum atomic E-state index is 6.80. The van der Waals surface area contributed by atoms with Crippen molar-refractivity contribution in [2.24, 2.45) is 0 Å². The van der Waals surface area contributed by atoms with Crippen LogP contribution in [-0.4, -0.2) is 4.57 Å². The second kappa shape index (κ2) is 10.8. The minimum absolute atomic E-state index is 0.799. The molecule has 248 valence electrons. The van der Waals surface area contributed by atoms with Crippen LogP contribution in [0, 0.1) is 0 Å². The molecule has 5 heteroatoms. The van der Waals surface area contributed by atoms with Crippen LogP contribution in [0.3, 0.4) is 0 Å². The predicted molar refractivity (Wildman–Crippen MR) is 219 cm³/mol. The smallest absolute Gasteiger partial charge is 0.160 e. The number of anilines is 3. The normalized spacial score (nSPS) is 12.5. The number of nitrogens with zero attached hydrogens (tertiary/aromatic N) is 2. The van der Waals surface area contributed by atoms with Gasteiger partial charge in [-0.05, 0) is 89.5 Å². The van der Waals surface area contributed by atoms with Gasteiger partial charge in [-0.1, -0.05) is 97.1 Å². The molecule has 2 aliphatic rings. The van der Waals surface area contributed by atoms with Gasteiger partial charge in [-0.25, -0.2) is 0 Å². The second-order valence-electron chi connectivity index (χ2n) is 13.7. The van der Waals surface area contributed by atoms with Gasteiger partial charge in [0, 0.05) is 53.6 Å². The molecule has 0 amide bonds. The number of benzene rings is 8. The number of aromatic nitrogens is 1. The molecule has 0 fully saturated rings. The van der Waals surface area contributed by atoms with Gasteiger partial charge in [0.05, 0.1) is 11.0 Å². The van der Waals surface area contributed by atoms with Gasteiger partial charge >= 0.3 is 0 Å². The highest BCUT2D eigenvalue weighted by Crippen LogP contribution is 2.56. The Morgan fingerprint density at radius 2 is 1.09 bits per heavy atom. The van der Waals surface area contributed by atoms with Gasteiger partial charge in [0.2, 0.25) is 0 Å². The lowest BCUT2D eigenvalue weighted by Crippen LogP contribution is -2.10. The topological polar surface area (TPSA) is 26.6 Å². The van der Waals surface area contributed by atoms with Gasteiger partial charge < -0.3 is 14.4 Å². The summed E-state index contributed by atoms with van der Waals surface area (Å²) in [5.41, 5.74) is 10.9. The monoisotopic (exact) mass is 696 g/mol. The maximum Gasteiger partial charge on any atom is 0.160 e. The number of hydrogen-bond donors (Lipinski definition) is 0. The second-order valence-corrected chi connectivity index (χ2v) is 14.8. The van der Waals surface area contributed by atoms with Crippen molar-refractivity contribution < 1.29 is 9.47 Å². The van der Waals surface area contributed by atoms with Gasteiger partial charge in [0.1, 0.15) is 5.69 Å². The fourth-order valence-corrected chi connectivity index (χ4v) is 9.48. The van der Waals surface area contributed by atoms with Crippen molar-refractivity contribution in [2.75, 3.05) is 4.90 Å². The zero-order valence-electron chi connectivity index (χ0n) is 28.3. The molecular weight excluding hydrogens is 669 g/mol. The third kappa shape index (κ3) is 4.17. The average molecular weight is 697 g/mol. The molecule has 2 aliphatic heterocycles. The zero-order valence-corrected chi connectivity index (χ0v) is 29.1. The van der Waals surface area contributed by atoms with Gasteiger partial charge in [-0.2, -0.15) is 0 Å². The molecule has 4 heterocycles. The van der Waals surface area contributed by atoms with Crippen LogP contribution in [0.4, 0.5) is 17.1 Å². The van der Waals surface area contributed by atoms with E-state index in [1.165, 1.54) is 31.3 Å². The van der Waals surface area contributed by atoms with Crippen molar-refractivity contribution in [3.63, 3.8) is 0 Å². The summed E-state index contributed by atoms with van der Waals surface area (Å²) in [5, 5.41) is 4.88. The molecule has 0 bridgehead atoms. The van der Waals surface area contributed by atoms with Crippen LogP contribution in [-0.2, 0) is 0 Å². The van der Waals surface area contributed by atoms with Gasteiger partial charge in [0.25, 0.3) is 0 Å². The molecule has 53 heavy (non-hydrogen) atoms. The quantitative estimate of drug-likeness (QED) is 0.179. The van der Waals surface area contributed by atoms with Crippen molar-refractivity contribution in [1.29, 1.82) is 0 Å². The molecule has 4 nitrogen and oxygen atoms in total. The van der Waals surface area contributed by atoms with Crippen molar-refractivity contribution in [1.82, 2.24) is 4.57 Å². The minimum atomic E-state index is 0.799. The lowest BCUT2D eigenvalue weighted by molar-refractivity contribution is 0.445. The van der Waals surface area contributed by atoms with Crippen LogP contribution in [0.25, 0.3) is 69.9 Å². The van der Waals surface area contributed by atoms with E-state index in [0.29, 0.717) is 0 Å². The first-order chi connectivity index (χ1) is 26.3. The number of fused-ring (bicyclic) bond motifs is 4. The molecule has 0 aliphatic carbocycles. The van der Waals surface area contributed by atoms with Crippen LogP contribution in [0.5, 0.6) is 23.0 Å². The molecule has 0 saturated heterocycles. The van der Waals surface area contributed by atoms with Gasteiger partial charge in [-0.3, -0.25) is 4.57 Å². The fourth-order valence-electron chi connectivity index (χ4n) is 8.39. The highest BCUT2D eigenvalue weighted by atomic mass is 32.1. The van der Waals surface area contributed by atoms with Crippen LogP contribution >= 0.6 is 11.3 Å². The molecule has 0 N–H and O–H groups in total. The number of para-hydroxylation sites is 2. The van der Waals surface area contributed by atoms with E-state index in [0.717, 1.165) is 78.7 Å². The van der Waals surface area contributed by atoms with E-state index in [1.54, 1.807) is 0 Å². The first kappa shape index (κ1) is 28.8. The minimum Gasteiger partial charge on any atom is -0.453 e. The third-order valence-corrected chi connectivity index (χ3v) is 11.9. The largest absolute Gasteiger partial charge is 0.453 e. The van der Waals surface area contributed by atoms with E-state index in [4.69, 9.17) is 9.47 Å². The predicted octanol–water partition coefficient (Wildman–Crippen LogP) is 14.2. The van der Waals surface area contributed by atoms with Crippen LogP contribution in [0.2, 0.25) is 0 Å². The SMILES string of the molecule is c1ccc(-c2cccc(N(c3ccc(-c4ccc5c6cccc7c6n6c5c4Oc4cccc(c4-6)O7)cc3)c3ccc4sc5ccccc5c4c3)c2)cc1.